The molecule has 175 valence electrons. The molecule has 0 aliphatic heterocycles. The summed E-state index contributed by atoms with van der Waals surface area (Å²) in [5.41, 5.74) is 3.04. The number of aromatic amines is 1. The molecule has 1 N–H and O–H groups in total. The van der Waals surface area contributed by atoms with Crippen LogP contribution in [-0.4, -0.2) is 55.7 Å². The van der Waals surface area contributed by atoms with Gasteiger partial charge >= 0.3 is 6.36 Å². The number of H-pyrrole nitrogens is 1. The van der Waals surface area contributed by atoms with Crippen LogP contribution < -0.4 is 4.74 Å². The molecular weight excluding hydrogens is 483 g/mol. The van der Waals surface area contributed by atoms with E-state index in [-0.39, 0.29) is 51.1 Å². The minimum absolute atomic E-state index is 0. The number of benzene rings is 2. The second kappa shape index (κ2) is 9.18. The zero-order valence-electron chi connectivity index (χ0n) is 19.5. The number of rotatable bonds is 3. The Morgan fingerprint density at radius 3 is 2.38 bits per heavy atom. The number of nitrogens with zero attached hydrogens (tertiary/aromatic N) is 3. The predicted molar refractivity (Wildman–Crippen MR) is 125 cm³/mol. The molecule has 2 aromatic carbocycles. The van der Waals surface area contributed by atoms with Gasteiger partial charge in [0.25, 0.3) is 0 Å². The van der Waals surface area contributed by atoms with Crippen molar-refractivity contribution in [1.82, 2.24) is 19.7 Å². The van der Waals surface area contributed by atoms with Crippen molar-refractivity contribution in [2.45, 2.75) is 39.5 Å². The van der Waals surface area contributed by atoms with Gasteiger partial charge in [-0.1, -0.05) is 38.4 Å². The van der Waals surface area contributed by atoms with Crippen LogP contribution in [0.2, 0.25) is 5.02 Å². The van der Waals surface area contributed by atoms with E-state index in [1.807, 2.05) is 6.92 Å². The molecule has 1 radical (unpaired) electrons. The molecule has 2 aromatic heterocycles. The number of fused-ring (bicyclic) bond motifs is 1. The number of imidazole rings is 1. The Balaban J connectivity index is 0.00000324. The first-order valence-electron chi connectivity index (χ1n) is 10.0. The van der Waals surface area contributed by atoms with E-state index < -0.39 is 17.9 Å². The molecule has 0 bridgehead atoms. The SMILES string of the molecule is Cc1c(C(C)(C)C)nn(C)c1-c1nc2c(Cl)cc(-c3c(F)cccc3OC(F)(F)F)cc2[nH]1.[Na]. The number of aromatic nitrogens is 4. The fourth-order valence-electron chi connectivity index (χ4n) is 4.00. The average molecular weight is 504 g/mol. The van der Waals surface area contributed by atoms with E-state index >= 15 is 0 Å². The Bertz CT molecular complexity index is 1370. The van der Waals surface area contributed by atoms with Crippen LogP contribution in [0, 0.1) is 12.7 Å². The minimum atomic E-state index is -4.97. The molecule has 0 amide bonds. The number of ether oxygens (including phenoxy) is 1. The summed E-state index contributed by atoms with van der Waals surface area (Å²) in [6, 6.07) is 6.12. The van der Waals surface area contributed by atoms with Crippen molar-refractivity contribution in [3.8, 4) is 28.4 Å². The van der Waals surface area contributed by atoms with Crippen LogP contribution in [-0.2, 0) is 12.5 Å². The predicted octanol–water partition coefficient (Wildman–Crippen LogP) is 6.55. The smallest absolute Gasteiger partial charge is 0.405 e. The molecule has 0 spiro atoms. The Morgan fingerprint density at radius 1 is 1.12 bits per heavy atom. The first-order valence-corrected chi connectivity index (χ1v) is 10.4. The molecule has 5 nitrogen and oxygen atoms in total. The van der Waals surface area contributed by atoms with Crippen molar-refractivity contribution in [3.63, 3.8) is 0 Å². The maximum atomic E-state index is 14.6. The van der Waals surface area contributed by atoms with Gasteiger partial charge in [0.15, 0.2) is 5.82 Å². The number of aryl methyl sites for hydroxylation is 1. The molecule has 2 heterocycles. The van der Waals surface area contributed by atoms with Gasteiger partial charge < -0.3 is 9.72 Å². The second-order valence-corrected chi connectivity index (χ2v) is 9.20. The first-order chi connectivity index (χ1) is 15.3. The quantitative estimate of drug-likeness (QED) is 0.255. The maximum absolute atomic E-state index is 14.6. The molecule has 0 unspecified atom stereocenters. The van der Waals surface area contributed by atoms with E-state index in [0.29, 0.717) is 16.9 Å². The van der Waals surface area contributed by atoms with Crippen LogP contribution in [0.1, 0.15) is 32.0 Å². The number of nitrogens with one attached hydrogen (secondary N) is 1. The van der Waals surface area contributed by atoms with Crippen LogP contribution in [0.25, 0.3) is 33.7 Å². The number of hydrogen-bond acceptors (Lipinski definition) is 3. The Labute approximate surface area is 220 Å². The summed E-state index contributed by atoms with van der Waals surface area (Å²) >= 11 is 6.42. The number of hydrogen-bond donors (Lipinski definition) is 1. The fourth-order valence-corrected chi connectivity index (χ4v) is 4.26. The molecule has 0 saturated carbocycles. The van der Waals surface area contributed by atoms with Crippen LogP contribution in [0.3, 0.4) is 0 Å². The van der Waals surface area contributed by atoms with Crippen molar-refractivity contribution in [2.24, 2.45) is 7.05 Å². The monoisotopic (exact) mass is 503 g/mol. The Kier molecular flexibility index (Phi) is 7.17. The van der Waals surface area contributed by atoms with Crippen LogP contribution in [0.5, 0.6) is 5.75 Å². The van der Waals surface area contributed by atoms with Crippen molar-refractivity contribution < 1.29 is 22.3 Å². The molecular formula is C23H21ClF4N4NaO. The van der Waals surface area contributed by atoms with E-state index in [2.05, 4.69) is 40.6 Å². The standard InChI is InChI=1S/C23H21ClF4N4O.Na/c1-11-19(32(5)31-20(11)22(2,3)4)21-29-15-10-12(9-13(24)18(15)30-21)17-14(25)7-6-8-16(17)33-23(26,27)28;/h6-10H,1-5H3,(H,29,30);. The summed E-state index contributed by atoms with van der Waals surface area (Å²) < 4.78 is 58.9. The molecule has 4 aromatic rings. The zero-order chi connectivity index (χ0) is 24.3. The Morgan fingerprint density at radius 2 is 1.79 bits per heavy atom. The molecule has 0 aliphatic rings. The summed E-state index contributed by atoms with van der Waals surface area (Å²) in [6.45, 7) is 8.12. The molecule has 4 rings (SSSR count). The normalized spacial score (nSPS) is 12.2. The average Bonchev–Trinajstić information content (AvgIpc) is 3.20. The van der Waals surface area contributed by atoms with Gasteiger partial charge in [0.05, 0.1) is 21.8 Å². The Hall–Kier alpha value is -2.07. The third kappa shape index (κ3) is 4.98. The van der Waals surface area contributed by atoms with Crippen LogP contribution >= 0.6 is 11.6 Å². The van der Waals surface area contributed by atoms with Gasteiger partial charge in [-0.3, -0.25) is 4.68 Å². The molecule has 0 aliphatic carbocycles. The number of alkyl halides is 3. The van der Waals surface area contributed by atoms with Crippen molar-refractivity contribution in [1.29, 1.82) is 0 Å². The van der Waals surface area contributed by atoms with Crippen LogP contribution in [0.15, 0.2) is 30.3 Å². The first kappa shape index (κ1) is 26.5. The fraction of sp³-hybridized carbons (Fsp3) is 0.304. The van der Waals surface area contributed by atoms with E-state index in [9.17, 15) is 17.6 Å². The zero-order valence-corrected chi connectivity index (χ0v) is 22.3. The van der Waals surface area contributed by atoms with Crippen molar-refractivity contribution >= 4 is 52.2 Å². The van der Waals surface area contributed by atoms with Gasteiger partial charge in [-0.05, 0) is 36.8 Å². The van der Waals surface area contributed by atoms with Gasteiger partial charge in [0.1, 0.15) is 22.8 Å². The van der Waals surface area contributed by atoms with E-state index in [0.717, 1.165) is 35.2 Å². The maximum Gasteiger partial charge on any atom is 0.573 e. The van der Waals surface area contributed by atoms with Gasteiger partial charge in [0, 0.05) is 47.6 Å². The topological polar surface area (TPSA) is 55.7 Å². The summed E-state index contributed by atoms with van der Waals surface area (Å²) in [4.78, 5) is 7.74. The van der Waals surface area contributed by atoms with Crippen molar-refractivity contribution in [3.05, 3.63) is 52.4 Å². The molecule has 0 fully saturated rings. The second-order valence-electron chi connectivity index (χ2n) is 8.80. The summed E-state index contributed by atoms with van der Waals surface area (Å²) in [5.74, 6) is -1.04. The molecule has 0 saturated heterocycles. The summed E-state index contributed by atoms with van der Waals surface area (Å²) in [6.07, 6.45) is -4.97. The van der Waals surface area contributed by atoms with Gasteiger partial charge in [-0.25, -0.2) is 9.37 Å². The van der Waals surface area contributed by atoms with Gasteiger partial charge in [-0.2, -0.15) is 5.10 Å². The third-order valence-electron chi connectivity index (χ3n) is 5.25. The molecule has 34 heavy (non-hydrogen) atoms. The number of halogens is 5. The third-order valence-corrected chi connectivity index (χ3v) is 5.54. The summed E-state index contributed by atoms with van der Waals surface area (Å²) in [7, 11) is 1.80. The van der Waals surface area contributed by atoms with E-state index in [1.54, 1.807) is 11.7 Å². The van der Waals surface area contributed by atoms with E-state index in [4.69, 9.17) is 11.6 Å². The van der Waals surface area contributed by atoms with Gasteiger partial charge in [-0.15, -0.1) is 13.2 Å². The van der Waals surface area contributed by atoms with Crippen molar-refractivity contribution in [2.75, 3.05) is 0 Å². The molecule has 0 atom stereocenters. The summed E-state index contributed by atoms with van der Waals surface area (Å²) in [5, 5.41) is 4.78. The molecule has 11 heteroatoms. The van der Waals surface area contributed by atoms with Crippen LogP contribution in [0.4, 0.5) is 17.6 Å². The van der Waals surface area contributed by atoms with E-state index in [1.165, 1.54) is 12.1 Å². The van der Waals surface area contributed by atoms with Gasteiger partial charge in [0.2, 0.25) is 0 Å². The largest absolute Gasteiger partial charge is 0.573 e. The minimum Gasteiger partial charge on any atom is -0.405 e.